The summed E-state index contributed by atoms with van der Waals surface area (Å²) in [7, 11) is 0. The average molecular weight is 356 g/mol. The van der Waals surface area contributed by atoms with Gasteiger partial charge in [-0.25, -0.2) is 0 Å². The van der Waals surface area contributed by atoms with Gasteiger partial charge in [-0.1, -0.05) is 48.5 Å². The van der Waals surface area contributed by atoms with Gasteiger partial charge >= 0.3 is 0 Å². The van der Waals surface area contributed by atoms with Gasteiger partial charge in [0.2, 0.25) is 0 Å². The molecular weight excluding hydrogens is 340 g/mol. The van der Waals surface area contributed by atoms with Gasteiger partial charge in [0.05, 0.1) is 11.1 Å². The molecule has 0 atom stereocenters. The lowest BCUT2D eigenvalue weighted by Crippen LogP contribution is -2.04. The predicted molar refractivity (Wildman–Crippen MR) is 100 cm³/mol. The molecule has 0 aliphatic carbocycles. The quantitative estimate of drug-likeness (QED) is 0.450. The van der Waals surface area contributed by atoms with Crippen molar-refractivity contribution in [1.29, 1.82) is 0 Å². The van der Waals surface area contributed by atoms with Crippen molar-refractivity contribution in [2.24, 2.45) is 0 Å². The third kappa shape index (κ3) is 2.93. The minimum Gasteiger partial charge on any atom is -0.488 e. The molecule has 0 unspecified atom stereocenters. The number of benzene rings is 3. The van der Waals surface area contributed by atoms with E-state index < -0.39 is 0 Å². The molecule has 5 nitrogen and oxygen atoms in total. The Kier molecular flexibility index (Phi) is 3.83. The number of aromatic nitrogens is 2. The van der Waals surface area contributed by atoms with E-state index in [1.165, 1.54) is 0 Å². The second kappa shape index (κ2) is 6.61. The summed E-state index contributed by atoms with van der Waals surface area (Å²) in [5, 5.41) is 8.43. The molecule has 0 amide bonds. The number of para-hydroxylation sites is 2. The SMILES string of the molecule is c1ccc2c(c1)COc1ccccc1-c1nnc(o1)-c1ccccc1OC2. The Bertz CT molecular complexity index is 1020. The van der Waals surface area contributed by atoms with Gasteiger partial charge in [0.1, 0.15) is 24.7 Å². The van der Waals surface area contributed by atoms with E-state index in [2.05, 4.69) is 22.3 Å². The molecule has 0 saturated carbocycles. The van der Waals surface area contributed by atoms with Crippen molar-refractivity contribution in [3.8, 4) is 34.4 Å². The van der Waals surface area contributed by atoms with E-state index in [1.807, 2.05) is 60.7 Å². The van der Waals surface area contributed by atoms with Gasteiger partial charge in [-0.3, -0.25) is 0 Å². The molecule has 4 aromatic rings. The Labute approximate surface area is 156 Å². The molecule has 1 aliphatic rings. The van der Waals surface area contributed by atoms with Gasteiger partial charge in [-0.15, -0.1) is 10.2 Å². The third-order valence-corrected chi connectivity index (χ3v) is 4.54. The van der Waals surface area contributed by atoms with Crippen LogP contribution < -0.4 is 9.47 Å². The van der Waals surface area contributed by atoms with Gasteiger partial charge in [-0.2, -0.15) is 0 Å². The zero-order valence-corrected chi connectivity index (χ0v) is 14.5. The maximum atomic E-state index is 6.09. The highest BCUT2D eigenvalue weighted by Gasteiger charge is 2.18. The lowest BCUT2D eigenvalue weighted by molar-refractivity contribution is 0.286. The number of ether oxygens (including phenoxy) is 2. The maximum Gasteiger partial charge on any atom is 0.251 e. The first kappa shape index (κ1) is 15.6. The van der Waals surface area contributed by atoms with Gasteiger partial charge < -0.3 is 13.9 Å². The summed E-state index contributed by atoms with van der Waals surface area (Å²) in [4.78, 5) is 0. The van der Waals surface area contributed by atoms with E-state index in [0.717, 1.165) is 22.3 Å². The Morgan fingerprint density at radius 1 is 0.556 bits per heavy atom. The third-order valence-electron chi connectivity index (χ3n) is 4.54. The summed E-state index contributed by atoms with van der Waals surface area (Å²) in [5.74, 6) is 2.25. The second-order valence-electron chi connectivity index (χ2n) is 6.25. The fraction of sp³-hybridized carbons (Fsp3) is 0.0909. The molecule has 27 heavy (non-hydrogen) atoms. The number of hydrogen-bond acceptors (Lipinski definition) is 5. The molecular formula is C22H16N2O3. The summed E-state index contributed by atoms with van der Waals surface area (Å²) < 4.78 is 18.1. The first-order valence-corrected chi connectivity index (χ1v) is 8.73. The summed E-state index contributed by atoms with van der Waals surface area (Å²) in [6.07, 6.45) is 0. The molecule has 1 aromatic heterocycles. The largest absolute Gasteiger partial charge is 0.488 e. The molecule has 5 heteroatoms. The molecule has 2 bridgehead atoms. The van der Waals surface area contributed by atoms with E-state index in [4.69, 9.17) is 13.9 Å². The van der Waals surface area contributed by atoms with Crippen LogP contribution in [-0.4, -0.2) is 10.2 Å². The van der Waals surface area contributed by atoms with Crippen molar-refractivity contribution in [1.82, 2.24) is 10.2 Å². The van der Waals surface area contributed by atoms with Crippen molar-refractivity contribution >= 4 is 0 Å². The van der Waals surface area contributed by atoms with E-state index in [1.54, 1.807) is 0 Å². The van der Waals surface area contributed by atoms with Gasteiger partial charge in [-0.05, 0) is 35.4 Å². The topological polar surface area (TPSA) is 57.4 Å². The Morgan fingerprint density at radius 3 is 1.52 bits per heavy atom. The fourth-order valence-corrected chi connectivity index (χ4v) is 3.13. The smallest absolute Gasteiger partial charge is 0.251 e. The van der Waals surface area contributed by atoms with Crippen LogP contribution in [0.1, 0.15) is 11.1 Å². The Hall–Kier alpha value is -3.60. The number of hydrogen-bond donors (Lipinski definition) is 0. The zero-order valence-electron chi connectivity index (χ0n) is 14.5. The molecule has 0 spiro atoms. The van der Waals surface area contributed by atoms with Crippen molar-refractivity contribution < 1.29 is 13.9 Å². The molecule has 5 rings (SSSR count). The number of fused-ring (bicyclic) bond motifs is 7. The van der Waals surface area contributed by atoms with E-state index in [9.17, 15) is 0 Å². The molecule has 0 N–H and O–H groups in total. The highest BCUT2D eigenvalue weighted by atomic mass is 16.5. The van der Waals surface area contributed by atoms with Gasteiger partial charge in [0.25, 0.3) is 11.8 Å². The van der Waals surface area contributed by atoms with Crippen LogP contribution in [0.4, 0.5) is 0 Å². The minimum atomic E-state index is 0.419. The standard InChI is InChI=1S/C22H16N2O3/c1-2-8-16-14-26-20-12-6-4-10-18(20)22-24-23-21(27-22)17-9-3-5-11-19(17)25-13-15(16)7-1/h1-12H,13-14H2. The van der Waals surface area contributed by atoms with Crippen molar-refractivity contribution in [2.75, 3.05) is 0 Å². The molecule has 132 valence electrons. The van der Waals surface area contributed by atoms with Crippen LogP contribution in [0.2, 0.25) is 0 Å². The minimum absolute atomic E-state index is 0.419. The van der Waals surface area contributed by atoms with Gasteiger partial charge in [0, 0.05) is 0 Å². The van der Waals surface area contributed by atoms with Crippen LogP contribution in [-0.2, 0) is 13.2 Å². The summed E-state index contributed by atoms with van der Waals surface area (Å²) in [6.45, 7) is 0.859. The zero-order chi connectivity index (χ0) is 18.1. The van der Waals surface area contributed by atoms with Crippen molar-refractivity contribution in [3.63, 3.8) is 0 Å². The average Bonchev–Trinajstić information content (AvgIpc) is 3.21. The number of rotatable bonds is 0. The predicted octanol–water partition coefficient (Wildman–Crippen LogP) is 4.88. The molecule has 1 aliphatic heterocycles. The summed E-state index contributed by atoms with van der Waals surface area (Å²) in [5.41, 5.74) is 3.70. The van der Waals surface area contributed by atoms with Crippen LogP contribution in [0.25, 0.3) is 22.9 Å². The van der Waals surface area contributed by atoms with E-state index in [-0.39, 0.29) is 0 Å². The monoisotopic (exact) mass is 356 g/mol. The Morgan fingerprint density at radius 2 is 1.00 bits per heavy atom. The van der Waals surface area contributed by atoms with Gasteiger partial charge in [0.15, 0.2) is 0 Å². The number of nitrogens with zero attached hydrogens (tertiary/aromatic N) is 2. The van der Waals surface area contributed by atoms with E-state index in [0.29, 0.717) is 36.5 Å². The van der Waals surface area contributed by atoms with Crippen LogP contribution in [0.3, 0.4) is 0 Å². The maximum absolute atomic E-state index is 6.09. The molecule has 0 radical (unpaired) electrons. The molecule has 2 heterocycles. The van der Waals surface area contributed by atoms with Crippen molar-refractivity contribution in [2.45, 2.75) is 13.2 Å². The van der Waals surface area contributed by atoms with Crippen molar-refractivity contribution in [3.05, 3.63) is 83.9 Å². The van der Waals surface area contributed by atoms with E-state index >= 15 is 0 Å². The first-order chi connectivity index (χ1) is 13.4. The lowest BCUT2D eigenvalue weighted by Gasteiger charge is -2.14. The van der Waals surface area contributed by atoms with Crippen LogP contribution in [0, 0.1) is 0 Å². The summed E-state index contributed by atoms with van der Waals surface area (Å²) >= 11 is 0. The second-order valence-corrected chi connectivity index (χ2v) is 6.25. The lowest BCUT2D eigenvalue weighted by atomic mass is 10.1. The molecule has 3 aromatic carbocycles. The normalized spacial score (nSPS) is 12.7. The molecule has 0 fully saturated rings. The van der Waals surface area contributed by atoms with Crippen LogP contribution >= 0.6 is 0 Å². The molecule has 0 saturated heterocycles. The highest BCUT2D eigenvalue weighted by molar-refractivity contribution is 5.66. The highest BCUT2D eigenvalue weighted by Crippen LogP contribution is 2.35. The Balaban J connectivity index is 1.68. The van der Waals surface area contributed by atoms with Crippen LogP contribution in [0.15, 0.2) is 77.2 Å². The van der Waals surface area contributed by atoms with Crippen LogP contribution in [0.5, 0.6) is 11.5 Å². The first-order valence-electron chi connectivity index (χ1n) is 8.73. The summed E-state index contributed by atoms with van der Waals surface area (Å²) in [6, 6.07) is 23.5. The fourth-order valence-electron chi connectivity index (χ4n) is 3.13.